The number of ether oxygens (including phenoxy) is 1. The van der Waals surface area contributed by atoms with Gasteiger partial charge < -0.3 is 14.6 Å². The van der Waals surface area contributed by atoms with Crippen molar-refractivity contribution in [3.05, 3.63) is 82.8 Å². The minimum absolute atomic E-state index is 0.0368. The van der Waals surface area contributed by atoms with E-state index in [4.69, 9.17) is 4.74 Å². The summed E-state index contributed by atoms with van der Waals surface area (Å²) in [5, 5.41) is 2.71. The van der Waals surface area contributed by atoms with E-state index in [1.54, 1.807) is 55.5 Å². The average Bonchev–Trinajstić information content (AvgIpc) is 2.75. The Kier molecular flexibility index (Phi) is 6.76. The summed E-state index contributed by atoms with van der Waals surface area (Å²) in [6, 6.07) is 17.6. The number of rotatable bonds is 8. The van der Waals surface area contributed by atoms with Gasteiger partial charge in [0, 0.05) is 11.4 Å². The average molecular weight is 442 g/mol. The van der Waals surface area contributed by atoms with Crippen LogP contribution < -0.4 is 20.3 Å². The van der Waals surface area contributed by atoms with Crippen molar-refractivity contribution in [2.24, 2.45) is 0 Å². The smallest absolute Gasteiger partial charge is 0.275 e. The van der Waals surface area contributed by atoms with Crippen LogP contribution in [0.15, 0.2) is 76.4 Å². The third-order valence-electron chi connectivity index (χ3n) is 4.44. The summed E-state index contributed by atoms with van der Waals surface area (Å²) in [6.45, 7) is 3.82. The molecule has 2 N–H and O–H groups in total. The third-order valence-corrected chi connectivity index (χ3v) is 5.82. The zero-order chi connectivity index (χ0) is 22.4. The maximum absolute atomic E-state index is 12.8. The second kappa shape index (κ2) is 9.48. The number of carbonyl (C=O) groups excluding carboxylic acids is 1. The Labute approximate surface area is 180 Å². The lowest BCUT2D eigenvalue weighted by Gasteiger charge is -2.14. The Morgan fingerprint density at radius 2 is 1.68 bits per heavy atom. The van der Waals surface area contributed by atoms with Gasteiger partial charge in [-0.1, -0.05) is 18.2 Å². The van der Waals surface area contributed by atoms with Crippen LogP contribution in [0.25, 0.3) is 0 Å². The number of nitrogens with one attached hydrogen (secondary N) is 2. The molecule has 31 heavy (non-hydrogen) atoms. The second-order valence-corrected chi connectivity index (χ2v) is 8.39. The first-order chi connectivity index (χ1) is 14.8. The number of aryl methyl sites for hydroxylation is 1. The normalized spacial score (nSPS) is 11.0. The van der Waals surface area contributed by atoms with Crippen LogP contribution in [0.5, 0.6) is 5.75 Å². The fraction of sp³-hybridized carbons (Fsp3) is 0.182. The molecule has 0 fully saturated rings. The van der Waals surface area contributed by atoms with Crippen LogP contribution in [0.3, 0.4) is 0 Å². The lowest BCUT2D eigenvalue weighted by Crippen LogP contribution is -2.31. The lowest BCUT2D eigenvalue weighted by molar-refractivity contribution is -0.116. The van der Waals surface area contributed by atoms with Crippen molar-refractivity contribution in [3.63, 3.8) is 0 Å². The van der Waals surface area contributed by atoms with E-state index in [0.29, 0.717) is 23.7 Å². The second-order valence-electron chi connectivity index (χ2n) is 6.70. The van der Waals surface area contributed by atoms with E-state index in [9.17, 15) is 18.0 Å². The maximum atomic E-state index is 12.8. The Morgan fingerprint density at radius 3 is 2.32 bits per heavy atom. The highest BCUT2D eigenvalue weighted by molar-refractivity contribution is 7.92. The van der Waals surface area contributed by atoms with Gasteiger partial charge in [-0.05, 0) is 62.4 Å². The SMILES string of the molecule is CCOc1ccc(NC(=O)Cn2c(C)ccc(NS(=O)(=O)c3ccccc3)c2=O)cc1. The highest BCUT2D eigenvalue weighted by Gasteiger charge is 2.17. The van der Waals surface area contributed by atoms with E-state index in [1.807, 2.05) is 6.92 Å². The van der Waals surface area contributed by atoms with Gasteiger partial charge >= 0.3 is 0 Å². The fourth-order valence-corrected chi connectivity index (χ4v) is 3.97. The van der Waals surface area contributed by atoms with Gasteiger partial charge in [-0.25, -0.2) is 8.42 Å². The van der Waals surface area contributed by atoms with Crippen LogP contribution in [0.2, 0.25) is 0 Å². The van der Waals surface area contributed by atoms with Gasteiger partial charge in [0.05, 0.1) is 11.5 Å². The van der Waals surface area contributed by atoms with Gasteiger partial charge in [0.15, 0.2) is 0 Å². The molecule has 3 aromatic rings. The van der Waals surface area contributed by atoms with Crippen molar-refractivity contribution in [2.75, 3.05) is 16.6 Å². The number of hydrogen-bond acceptors (Lipinski definition) is 5. The first-order valence-corrected chi connectivity index (χ1v) is 11.1. The van der Waals surface area contributed by atoms with Gasteiger partial charge in [-0.3, -0.25) is 14.3 Å². The van der Waals surface area contributed by atoms with Crippen LogP contribution in [-0.4, -0.2) is 25.5 Å². The van der Waals surface area contributed by atoms with Crippen LogP contribution >= 0.6 is 0 Å². The van der Waals surface area contributed by atoms with E-state index in [2.05, 4.69) is 10.0 Å². The molecule has 0 unspecified atom stereocenters. The first-order valence-electron chi connectivity index (χ1n) is 9.61. The summed E-state index contributed by atoms with van der Waals surface area (Å²) in [7, 11) is -3.93. The number of pyridine rings is 1. The van der Waals surface area contributed by atoms with Gasteiger partial charge in [-0.2, -0.15) is 0 Å². The molecule has 0 radical (unpaired) electrons. The molecule has 162 valence electrons. The molecule has 9 heteroatoms. The van der Waals surface area contributed by atoms with E-state index >= 15 is 0 Å². The standard InChI is InChI=1S/C22H23N3O5S/c1-3-30-18-12-10-17(11-13-18)23-21(26)15-25-16(2)9-14-20(22(25)27)24-31(28,29)19-7-5-4-6-8-19/h4-14,24H,3,15H2,1-2H3,(H,23,26). The number of anilines is 2. The van der Waals surface area contributed by atoms with Crippen molar-refractivity contribution >= 4 is 27.3 Å². The van der Waals surface area contributed by atoms with Gasteiger partial charge in [0.25, 0.3) is 15.6 Å². The number of carbonyl (C=O) groups is 1. The summed E-state index contributed by atoms with van der Waals surface area (Å²) < 4.78 is 34.0. The molecule has 0 atom stereocenters. The van der Waals surface area contributed by atoms with Gasteiger partial charge in [-0.15, -0.1) is 0 Å². The minimum atomic E-state index is -3.93. The topological polar surface area (TPSA) is 106 Å². The predicted octanol–water partition coefficient (Wildman–Crippen LogP) is 2.99. The Morgan fingerprint density at radius 1 is 1.00 bits per heavy atom. The molecule has 1 aromatic heterocycles. The van der Waals surface area contributed by atoms with E-state index in [0.717, 1.165) is 0 Å². The number of amides is 1. The molecule has 0 aliphatic rings. The predicted molar refractivity (Wildman–Crippen MR) is 119 cm³/mol. The van der Waals surface area contributed by atoms with Crippen molar-refractivity contribution in [1.29, 1.82) is 0 Å². The molecular formula is C22H23N3O5S. The van der Waals surface area contributed by atoms with Crippen molar-refractivity contribution in [3.8, 4) is 5.75 Å². The highest BCUT2D eigenvalue weighted by Crippen LogP contribution is 2.16. The van der Waals surface area contributed by atoms with Crippen molar-refractivity contribution < 1.29 is 17.9 Å². The van der Waals surface area contributed by atoms with Gasteiger partial charge in [0.2, 0.25) is 5.91 Å². The summed E-state index contributed by atoms with van der Waals surface area (Å²) >= 11 is 0. The minimum Gasteiger partial charge on any atom is -0.494 e. The number of sulfonamides is 1. The molecule has 0 spiro atoms. The zero-order valence-corrected chi connectivity index (χ0v) is 18.0. The summed E-state index contributed by atoms with van der Waals surface area (Å²) in [6.07, 6.45) is 0. The molecule has 0 saturated carbocycles. The quantitative estimate of drug-likeness (QED) is 0.559. The van der Waals surface area contributed by atoms with E-state index in [-0.39, 0.29) is 17.1 Å². The number of nitrogens with zero attached hydrogens (tertiary/aromatic N) is 1. The molecule has 1 heterocycles. The number of hydrogen-bond donors (Lipinski definition) is 2. The molecule has 0 aliphatic heterocycles. The molecular weight excluding hydrogens is 418 g/mol. The Balaban J connectivity index is 1.77. The van der Waals surface area contributed by atoms with Gasteiger partial charge in [0.1, 0.15) is 18.0 Å². The number of benzene rings is 2. The molecule has 0 bridgehead atoms. The Bertz CT molecular complexity index is 1220. The monoisotopic (exact) mass is 441 g/mol. The van der Waals surface area contributed by atoms with Crippen LogP contribution in [0.1, 0.15) is 12.6 Å². The summed E-state index contributed by atoms with van der Waals surface area (Å²) in [5.74, 6) is 0.267. The van der Waals surface area contributed by atoms with E-state index in [1.165, 1.54) is 22.8 Å². The van der Waals surface area contributed by atoms with Crippen LogP contribution in [0, 0.1) is 6.92 Å². The van der Waals surface area contributed by atoms with Crippen molar-refractivity contribution in [2.45, 2.75) is 25.3 Å². The molecule has 2 aromatic carbocycles. The Hall–Kier alpha value is -3.59. The largest absolute Gasteiger partial charge is 0.494 e. The molecule has 1 amide bonds. The summed E-state index contributed by atoms with van der Waals surface area (Å²) in [4.78, 5) is 25.4. The first kappa shape index (κ1) is 22.1. The van der Waals surface area contributed by atoms with Crippen LogP contribution in [0.4, 0.5) is 11.4 Å². The highest BCUT2D eigenvalue weighted by atomic mass is 32.2. The van der Waals surface area contributed by atoms with Crippen LogP contribution in [-0.2, 0) is 21.4 Å². The molecule has 3 rings (SSSR count). The fourth-order valence-electron chi connectivity index (χ4n) is 2.89. The summed E-state index contributed by atoms with van der Waals surface area (Å²) in [5.41, 5.74) is 0.333. The maximum Gasteiger partial charge on any atom is 0.275 e. The zero-order valence-electron chi connectivity index (χ0n) is 17.2. The lowest BCUT2D eigenvalue weighted by atomic mass is 10.3. The molecule has 0 aliphatic carbocycles. The molecule has 8 nitrogen and oxygen atoms in total. The molecule has 0 saturated heterocycles. The van der Waals surface area contributed by atoms with E-state index < -0.39 is 21.5 Å². The number of aromatic nitrogens is 1. The third kappa shape index (κ3) is 5.52. The van der Waals surface area contributed by atoms with Crippen molar-refractivity contribution in [1.82, 2.24) is 4.57 Å².